The quantitative estimate of drug-likeness (QED) is 0.637. The minimum atomic E-state index is 0.122. The third-order valence-corrected chi connectivity index (χ3v) is 4.72. The summed E-state index contributed by atoms with van der Waals surface area (Å²) >= 11 is 2.01. The highest BCUT2D eigenvalue weighted by Gasteiger charge is 2.66. The highest BCUT2D eigenvalue weighted by Crippen LogP contribution is 2.69. The van der Waals surface area contributed by atoms with Gasteiger partial charge in [-0.1, -0.05) is 0 Å². The van der Waals surface area contributed by atoms with Gasteiger partial charge >= 0.3 is 0 Å². The molecule has 0 aromatic rings. The van der Waals surface area contributed by atoms with E-state index < -0.39 is 0 Å². The number of aliphatic hydroxyl groups is 1. The fraction of sp³-hybridized carbons (Fsp3) is 1.00. The average molecular weight is 173 g/mol. The van der Waals surface area contributed by atoms with Crippen molar-refractivity contribution in [3.63, 3.8) is 0 Å². The van der Waals surface area contributed by atoms with Crippen molar-refractivity contribution in [2.24, 2.45) is 16.6 Å². The number of thioether (sulfide) groups is 1. The zero-order chi connectivity index (χ0) is 7.95. The molecule has 1 heterocycles. The lowest BCUT2D eigenvalue weighted by atomic mass is 9.93. The molecule has 1 spiro atoms. The molecule has 2 aliphatic rings. The summed E-state index contributed by atoms with van der Waals surface area (Å²) in [5.41, 5.74) is 6.23. The van der Waals surface area contributed by atoms with Gasteiger partial charge in [-0.3, -0.25) is 0 Å². The lowest BCUT2D eigenvalue weighted by molar-refractivity contribution is 0.182. The standard InChI is InChI=1S/C8H15NOS/c9-4-8(5-10)3-7(8)1-2-11-6-7/h10H,1-6,9H2. The average Bonchev–Trinajstić information content (AvgIpc) is 2.37. The number of nitrogens with two attached hydrogens (primary N) is 1. The molecule has 2 rings (SSSR count). The van der Waals surface area contributed by atoms with Crippen LogP contribution in [0.15, 0.2) is 0 Å². The summed E-state index contributed by atoms with van der Waals surface area (Å²) in [7, 11) is 0. The van der Waals surface area contributed by atoms with Crippen LogP contribution < -0.4 is 5.73 Å². The summed E-state index contributed by atoms with van der Waals surface area (Å²) in [5, 5.41) is 9.19. The first-order valence-electron chi connectivity index (χ1n) is 4.17. The van der Waals surface area contributed by atoms with Crippen molar-refractivity contribution in [2.45, 2.75) is 12.8 Å². The molecule has 0 aromatic heterocycles. The van der Waals surface area contributed by atoms with E-state index >= 15 is 0 Å². The normalized spacial score (nSPS) is 48.5. The maximum absolute atomic E-state index is 9.19. The Labute approximate surface area is 71.5 Å². The molecule has 1 saturated carbocycles. The largest absolute Gasteiger partial charge is 0.396 e. The second-order valence-electron chi connectivity index (χ2n) is 3.90. The minimum Gasteiger partial charge on any atom is -0.396 e. The van der Waals surface area contributed by atoms with E-state index in [4.69, 9.17) is 5.73 Å². The van der Waals surface area contributed by atoms with E-state index in [1.54, 1.807) is 0 Å². The van der Waals surface area contributed by atoms with E-state index in [0.29, 0.717) is 18.6 Å². The Morgan fingerprint density at radius 2 is 2.36 bits per heavy atom. The zero-order valence-corrected chi connectivity index (χ0v) is 7.49. The molecule has 2 unspecified atom stereocenters. The van der Waals surface area contributed by atoms with Gasteiger partial charge in [0.1, 0.15) is 0 Å². The van der Waals surface area contributed by atoms with Gasteiger partial charge in [-0.2, -0.15) is 11.8 Å². The summed E-state index contributed by atoms with van der Waals surface area (Å²) < 4.78 is 0. The summed E-state index contributed by atoms with van der Waals surface area (Å²) in [6.45, 7) is 0.966. The van der Waals surface area contributed by atoms with Crippen LogP contribution in [0.25, 0.3) is 0 Å². The molecule has 1 aliphatic carbocycles. The van der Waals surface area contributed by atoms with Crippen molar-refractivity contribution >= 4 is 11.8 Å². The molecule has 64 valence electrons. The topological polar surface area (TPSA) is 46.2 Å². The first-order valence-corrected chi connectivity index (χ1v) is 5.33. The molecule has 2 fully saturated rings. The van der Waals surface area contributed by atoms with Gasteiger partial charge in [0.2, 0.25) is 0 Å². The fourth-order valence-electron chi connectivity index (χ4n) is 2.35. The molecule has 11 heavy (non-hydrogen) atoms. The Morgan fingerprint density at radius 1 is 1.55 bits per heavy atom. The lowest BCUT2D eigenvalue weighted by Crippen LogP contribution is -2.27. The molecule has 0 bridgehead atoms. The Balaban J connectivity index is 2.09. The fourth-order valence-corrected chi connectivity index (χ4v) is 3.97. The molecular formula is C8H15NOS. The lowest BCUT2D eigenvalue weighted by Gasteiger charge is -2.16. The van der Waals surface area contributed by atoms with Crippen molar-refractivity contribution < 1.29 is 5.11 Å². The third-order valence-electron chi connectivity index (χ3n) is 3.47. The maximum Gasteiger partial charge on any atom is 0.0505 e. The second kappa shape index (κ2) is 2.38. The van der Waals surface area contributed by atoms with Crippen molar-refractivity contribution in [3.8, 4) is 0 Å². The van der Waals surface area contributed by atoms with Gasteiger partial charge in [-0.05, 0) is 29.8 Å². The molecule has 0 radical (unpaired) electrons. The van der Waals surface area contributed by atoms with Crippen LogP contribution in [0.1, 0.15) is 12.8 Å². The number of hydrogen-bond acceptors (Lipinski definition) is 3. The first kappa shape index (κ1) is 7.90. The van der Waals surface area contributed by atoms with Gasteiger partial charge in [0.15, 0.2) is 0 Å². The van der Waals surface area contributed by atoms with Crippen molar-refractivity contribution in [1.29, 1.82) is 0 Å². The molecule has 3 heteroatoms. The zero-order valence-electron chi connectivity index (χ0n) is 6.68. The van der Waals surface area contributed by atoms with Gasteiger partial charge in [-0.15, -0.1) is 0 Å². The molecule has 2 atom stereocenters. The number of rotatable bonds is 2. The molecule has 1 aliphatic heterocycles. The maximum atomic E-state index is 9.19. The predicted octanol–water partition coefficient (Wildman–Crippen LogP) is 0.451. The summed E-state index contributed by atoms with van der Waals surface area (Å²) in [5.74, 6) is 2.49. The highest BCUT2D eigenvalue weighted by molar-refractivity contribution is 7.99. The molecular weight excluding hydrogens is 158 g/mol. The SMILES string of the molecule is NCC1(CO)CC12CCSC2. The van der Waals surface area contributed by atoms with Crippen LogP contribution in [-0.4, -0.2) is 29.8 Å². The minimum absolute atomic E-state index is 0.122. The van der Waals surface area contributed by atoms with Gasteiger partial charge in [0.25, 0.3) is 0 Å². The van der Waals surface area contributed by atoms with E-state index in [2.05, 4.69) is 0 Å². The van der Waals surface area contributed by atoms with Crippen LogP contribution in [0.4, 0.5) is 0 Å². The second-order valence-corrected chi connectivity index (χ2v) is 5.01. The predicted molar refractivity (Wildman–Crippen MR) is 47.6 cm³/mol. The van der Waals surface area contributed by atoms with Crippen LogP contribution >= 0.6 is 11.8 Å². The van der Waals surface area contributed by atoms with Crippen LogP contribution in [-0.2, 0) is 0 Å². The Morgan fingerprint density at radius 3 is 2.73 bits per heavy atom. The van der Waals surface area contributed by atoms with Crippen molar-refractivity contribution in [1.82, 2.24) is 0 Å². The molecule has 0 amide bonds. The number of hydrogen-bond donors (Lipinski definition) is 2. The Kier molecular flexibility index (Phi) is 1.71. The Hall–Kier alpha value is 0.270. The van der Waals surface area contributed by atoms with Gasteiger partial charge in [-0.25, -0.2) is 0 Å². The van der Waals surface area contributed by atoms with Crippen LogP contribution in [0, 0.1) is 10.8 Å². The van der Waals surface area contributed by atoms with E-state index in [1.807, 2.05) is 11.8 Å². The van der Waals surface area contributed by atoms with E-state index in [1.165, 1.54) is 24.3 Å². The molecule has 2 nitrogen and oxygen atoms in total. The summed E-state index contributed by atoms with van der Waals surface area (Å²) in [4.78, 5) is 0. The third kappa shape index (κ3) is 0.879. The first-order chi connectivity index (χ1) is 5.29. The van der Waals surface area contributed by atoms with E-state index in [-0.39, 0.29) is 5.41 Å². The van der Waals surface area contributed by atoms with Crippen molar-refractivity contribution in [2.75, 3.05) is 24.7 Å². The molecule has 0 aromatic carbocycles. The summed E-state index contributed by atoms with van der Waals surface area (Å²) in [6.07, 6.45) is 2.44. The van der Waals surface area contributed by atoms with Gasteiger partial charge in [0, 0.05) is 12.0 Å². The summed E-state index contributed by atoms with van der Waals surface area (Å²) in [6, 6.07) is 0. The van der Waals surface area contributed by atoms with Crippen LogP contribution in [0.5, 0.6) is 0 Å². The van der Waals surface area contributed by atoms with E-state index in [0.717, 1.165) is 0 Å². The highest BCUT2D eigenvalue weighted by atomic mass is 32.2. The van der Waals surface area contributed by atoms with Crippen molar-refractivity contribution in [3.05, 3.63) is 0 Å². The number of aliphatic hydroxyl groups excluding tert-OH is 1. The van der Waals surface area contributed by atoms with Gasteiger partial charge < -0.3 is 10.8 Å². The van der Waals surface area contributed by atoms with Crippen LogP contribution in [0.3, 0.4) is 0 Å². The van der Waals surface area contributed by atoms with Gasteiger partial charge in [0.05, 0.1) is 6.61 Å². The monoisotopic (exact) mass is 173 g/mol. The molecule has 3 N–H and O–H groups in total. The Bertz CT molecular complexity index is 159. The van der Waals surface area contributed by atoms with E-state index in [9.17, 15) is 5.11 Å². The van der Waals surface area contributed by atoms with Crippen LogP contribution in [0.2, 0.25) is 0 Å². The smallest absolute Gasteiger partial charge is 0.0505 e. The molecule has 1 saturated heterocycles.